The van der Waals surface area contributed by atoms with Gasteiger partial charge in [0.25, 0.3) is 0 Å². The molecular weight excluding hydrogens is 312 g/mol. The Morgan fingerprint density at radius 1 is 1.30 bits per heavy atom. The van der Waals surface area contributed by atoms with Crippen LogP contribution < -0.4 is 0 Å². The summed E-state index contributed by atoms with van der Waals surface area (Å²) in [6, 6.07) is 7.58. The first-order valence-electron chi connectivity index (χ1n) is 8.46. The molecule has 1 saturated heterocycles. The van der Waals surface area contributed by atoms with Gasteiger partial charge in [-0.2, -0.15) is 0 Å². The number of hydrogen-bond acceptors (Lipinski definition) is 3. The molecule has 1 atom stereocenters. The molecule has 1 fully saturated rings. The quantitative estimate of drug-likeness (QED) is 0.867. The number of halogens is 1. The first-order chi connectivity index (χ1) is 11.1. The zero-order chi connectivity index (χ0) is 16.7. The number of hydrogen-bond donors (Lipinski definition) is 1. The number of carbonyl (C=O) groups excluding carboxylic acids is 1. The summed E-state index contributed by atoms with van der Waals surface area (Å²) in [6.45, 7) is 2.23. The number of likely N-dealkylation sites (N-methyl/N-ethyl adjacent to an activating group) is 1. The van der Waals surface area contributed by atoms with Crippen molar-refractivity contribution >= 4 is 17.5 Å². The molecule has 1 aliphatic rings. The molecule has 0 aromatic heterocycles. The lowest BCUT2D eigenvalue weighted by Gasteiger charge is -2.31. The van der Waals surface area contributed by atoms with E-state index in [1.54, 1.807) is 0 Å². The fourth-order valence-corrected chi connectivity index (χ4v) is 3.24. The minimum absolute atomic E-state index is 0.0384. The van der Waals surface area contributed by atoms with Gasteiger partial charge in [-0.15, -0.1) is 0 Å². The molecule has 0 spiro atoms. The van der Waals surface area contributed by atoms with Crippen molar-refractivity contribution in [2.75, 3.05) is 26.7 Å². The van der Waals surface area contributed by atoms with E-state index in [-0.39, 0.29) is 18.6 Å². The minimum atomic E-state index is -0.0384. The fraction of sp³-hybridized carbons (Fsp3) is 0.611. The summed E-state index contributed by atoms with van der Waals surface area (Å²) in [5.41, 5.74) is 1.07. The van der Waals surface area contributed by atoms with Crippen LogP contribution in [0, 0.1) is 0 Å². The van der Waals surface area contributed by atoms with Gasteiger partial charge in [0, 0.05) is 24.7 Å². The number of aliphatic hydroxyl groups excluding tert-OH is 1. The second-order valence-electron chi connectivity index (χ2n) is 6.31. The summed E-state index contributed by atoms with van der Waals surface area (Å²) in [5, 5.41) is 9.84. The monoisotopic (exact) mass is 338 g/mol. The molecule has 1 aromatic rings. The van der Waals surface area contributed by atoms with Gasteiger partial charge < -0.3 is 10.0 Å². The van der Waals surface area contributed by atoms with Crippen molar-refractivity contribution in [2.24, 2.45) is 0 Å². The van der Waals surface area contributed by atoms with E-state index >= 15 is 0 Å². The zero-order valence-corrected chi connectivity index (χ0v) is 14.6. The third-order valence-electron chi connectivity index (χ3n) is 4.49. The highest BCUT2D eigenvalue weighted by molar-refractivity contribution is 6.30. The lowest BCUT2D eigenvalue weighted by Crippen LogP contribution is -2.47. The summed E-state index contributed by atoms with van der Waals surface area (Å²) in [5.74, 6) is 0.179. The molecule has 0 radical (unpaired) electrons. The zero-order valence-electron chi connectivity index (χ0n) is 13.9. The van der Waals surface area contributed by atoms with Crippen LogP contribution in [0.4, 0.5) is 0 Å². The lowest BCUT2D eigenvalue weighted by atomic mass is 10.1. The topological polar surface area (TPSA) is 43.8 Å². The van der Waals surface area contributed by atoms with E-state index in [2.05, 4.69) is 4.90 Å². The molecule has 128 valence electrons. The van der Waals surface area contributed by atoms with Gasteiger partial charge >= 0.3 is 0 Å². The number of benzene rings is 1. The molecule has 1 heterocycles. The molecule has 0 saturated carbocycles. The van der Waals surface area contributed by atoms with Gasteiger partial charge in [-0.3, -0.25) is 9.69 Å². The lowest BCUT2D eigenvalue weighted by molar-refractivity contribution is -0.137. The van der Waals surface area contributed by atoms with Crippen LogP contribution in [-0.4, -0.2) is 53.6 Å². The summed E-state index contributed by atoms with van der Waals surface area (Å²) >= 11 is 5.93. The molecule has 1 amide bonds. The highest BCUT2D eigenvalue weighted by Crippen LogP contribution is 2.19. The van der Waals surface area contributed by atoms with Crippen molar-refractivity contribution in [3.05, 3.63) is 34.9 Å². The smallest absolute Gasteiger partial charge is 0.240 e. The van der Waals surface area contributed by atoms with Gasteiger partial charge in [0.1, 0.15) is 0 Å². The molecule has 23 heavy (non-hydrogen) atoms. The molecule has 1 unspecified atom stereocenters. The molecule has 4 nitrogen and oxygen atoms in total. The van der Waals surface area contributed by atoms with E-state index in [0.29, 0.717) is 24.5 Å². The SMILES string of the molecule is CN1CCCCCC1C(=O)N(CCCO)Cc1ccc(Cl)cc1. The van der Waals surface area contributed by atoms with E-state index in [4.69, 9.17) is 16.7 Å². The van der Waals surface area contributed by atoms with E-state index in [9.17, 15) is 4.79 Å². The molecule has 0 bridgehead atoms. The molecule has 2 rings (SSSR count). The third kappa shape index (κ3) is 5.48. The van der Waals surface area contributed by atoms with Crippen molar-refractivity contribution in [1.82, 2.24) is 9.80 Å². The Morgan fingerprint density at radius 2 is 2.04 bits per heavy atom. The van der Waals surface area contributed by atoms with Gasteiger partial charge in [0.15, 0.2) is 0 Å². The number of rotatable bonds is 6. The van der Waals surface area contributed by atoms with Crippen LogP contribution in [0.15, 0.2) is 24.3 Å². The minimum Gasteiger partial charge on any atom is -0.396 e. The standard InChI is InChI=1S/C18H27ClN2O2/c1-20-11-4-2-3-6-17(20)18(23)21(12-5-13-22)14-15-7-9-16(19)10-8-15/h7-10,17,22H,2-6,11-14H2,1H3. The normalized spacial score (nSPS) is 19.3. The molecule has 1 aromatic carbocycles. The van der Waals surface area contributed by atoms with E-state index in [1.807, 2.05) is 36.2 Å². The van der Waals surface area contributed by atoms with Crippen LogP contribution in [0.1, 0.15) is 37.7 Å². The average molecular weight is 339 g/mol. The molecule has 1 aliphatic heterocycles. The molecule has 0 aliphatic carbocycles. The Balaban J connectivity index is 2.09. The Morgan fingerprint density at radius 3 is 2.74 bits per heavy atom. The van der Waals surface area contributed by atoms with Crippen LogP contribution in [0.2, 0.25) is 5.02 Å². The van der Waals surface area contributed by atoms with Crippen LogP contribution in [0.25, 0.3) is 0 Å². The van der Waals surface area contributed by atoms with E-state index in [0.717, 1.165) is 31.4 Å². The van der Waals surface area contributed by atoms with Crippen molar-refractivity contribution in [3.8, 4) is 0 Å². The first kappa shape index (κ1) is 18.2. The average Bonchev–Trinajstić information content (AvgIpc) is 2.77. The van der Waals surface area contributed by atoms with Crippen molar-refractivity contribution in [2.45, 2.75) is 44.7 Å². The number of aliphatic hydroxyl groups is 1. The Labute approximate surface area is 144 Å². The molecule has 1 N–H and O–H groups in total. The molecular formula is C18H27ClN2O2. The largest absolute Gasteiger partial charge is 0.396 e. The maximum atomic E-state index is 13.0. The summed E-state index contributed by atoms with van der Waals surface area (Å²) in [4.78, 5) is 17.1. The van der Waals surface area contributed by atoms with Gasteiger partial charge in [-0.25, -0.2) is 0 Å². The highest BCUT2D eigenvalue weighted by Gasteiger charge is 2.28. The maximum absolute atomic E-state index is 13.0. The number of likely N-dealkylation sites (tertiary alicyclic amines) is 1. The van der Waals surface area contributed by atoms with Gasteiger partial charge in [-0.1, -0.05) is 36.6 Å². The Hall–Kier alpha value is -1.10. The van der Waals surface area contributed by atoms with Crippen molar-refractivity contribution in [3.63, 3.8) is 0 Å². The van der Waals surface area contributed by atoms with Crippen LogP contribution >= 0.6 is 11.6 Å². The van der Waals surface area contributed by atoms with Crippen LogP contribution in [0.5, 0.6) is 0 Å². The van der Waals surface area contributed by atoms with Gasteiger partial charge in [0.05, 0.1) is 6.04 Å². The predicted molar refractivity (Wildman–Crippen MR) is 93.5 cm³/mol. The summed E-state index contributed by atoms with van der Waals surface area (Å²) in [6.07, 6.45) is 4.99. The maximum Gasteiger partial charge on any atom is 0.240 e. The fourth-order valence-electron chi connectivity index (χ4n) is 3.11. The van der Waals surface area contributed by atoms with Crippen LogP contribution in [-0.2, 0) is 11.3 Å². The van der Waals surface area contributed by atoms with E-state index < -0.39 is 0 Å². The summed E-state index contributed by atoms with van der Waals surface area (Å²) < 4.78 is 0. The van der Waals surface area contributed by atoms with Gasteiger partial charge in [-0.05, 0) is 50.6 Å². The van der Waals surface area contributed by atoms with Gasteiger partial charge in [0.2, 0.25) is 5.91 Å². The van der Waals surface area contributed by atoms with Crippen molar-refractivity contribution < 1.29 is 9.90 Å². The third-order valence-corrected chi connectivity index (χ3v) is 4.74. The Bertz CT molecular complexity index is 492. The highest BCUT2D eigenvalue weighted by atomic mass is 35.5. The number of amides is 1. The first-order valence-corrected chi connectivity index (χ1v) is 8.84. The number of carbonyl (C=O) groups is 1. The van der Waals surface area contributed by atoms with E-state index in [1.165, 1.54) is 6.42 Å². The second kappa shape index (κ2) is 9.26. The molecule has 5 heteroatoms. The summed E-state index contributed by atoms with van der Waals surface area (Å²) in [7, 11) is 2.04. The second-order valence-corrected chi connectivity index (χ2v) is 6.75. The van der Waals surface area contributed by atoms with Crippen molar-refractivity contribution in [1.29, 1.82) is 0 Å². The Kier molecular flexibility index (Phi) is 7.34. The van der Waals surface area contributed by atoms with Crippen LogP contribution in [0.3, 0.4) is 0 Å². The predicted octanol–water partition coefficient (Wildman–Crippen LogP) is 2.93. The number of nitrogens with zero attached hydrogens (tertiary/aromatic N) is 2.